The van der Waals surface area contributed by atoms with E-state index in [9.17, 15) is 14.7 Å². The van der Waals surface area contributed by atoms with Crippen molar-refractivity contribution in [1.29, 1.82) is 0 Å². The van der Waals surface area contributed by atoms with Crippen molar-refractivity contribution >= 4 is 17.6 Å². The van der Waals surface area contributed by atoms with E-state index in [4.69, 9.17) is 0 Å². The molecule has 0 fully saturated rings. The van der Waals surface area contributed by atoms with Crippen LogP contribution in [0.25, 0.3) is 0 Å². The predicted molar refractivity (Wildman–Crippen MR) is 84.1 cm³/mol. The number of carboxylic acids is 1. The van der Waals surface area contributed by atoms with Crippen LogP contribution in [0.2, 0.25) is 0 Å². The van der Waals surface area contributed by atoms with E-state index >= 15 is 0 Å². The first-order valence-electron chi connectivity index (χ1n) is 7.53. The molecular formula is C18H22NO3-. The lowest BCUT2D eigenvalue weighted by molar-refractivity contribution is -0.313. The lowest BCUT2D eigenvalue weighted by atomic mass is 9.76. The van der Waals surface area contributed by atoms with Crippen molar-refractivity contribution < 1.29 is 14.7 Å². The van der Waals surface area contributed by atoms with E-state index in [-0.39, 0.29) is 5.91 Å². The molecule has 0 unspecified atom stereocenters. The highest BCUT2D eigenvalue weighted by Gasteiger charge is 2.33. The van der Waals surface area contributed by atoms with Gasteiger partial charge in [0.05, 0.1) is 5.92 Å². The summed E-state index contributed by atoms with van der Waals surface area (Å²) < 4.78 is 0. The molecule has 0 aliphatic heterocycles. The first-order valence-corrected chi connectivity index (χ1v) is 7.53. The van der Waals surface area contributed by atoms with Crippen molar-refractivity contribution in [2.75, 3.05) is 5.32 Å². The van der Waals surface area contributed by atoms with Crippen molar-refractivity contribution in [2.45, 2.75) is 40.5 Å². The van der Waals surface area contributed by atoms with Crippen LogP contribution in [0.3, 0.4) is 0 Å². The minimum atomic E-state index is -1.15. The van der Waals surface area contributed by atoms with E-state index in [1.54, 1.807) is 0 Å². The Morgan fingerprint density at radius 2 is 1.59 bits per heavy atom. The zero-order valence-electron chi connectivity index (χ0n) is 13.5. The lowest BCUT2D eigenvalue weighted by Gasteiger charge is -2.32. The molecule has 0 saturated heterocycles. The average molecular weight is 300 g/mol. The molecule has 1 aromatic carbocycles. The Kier molecular flexibility index (Phi) is 4.69. The number of benzene rings is 1. The molecular weight excluding hydrogens is 278 g/mol. The predicted octanol–water partition coefficient (Wildman–Crippen LogP) is 2.35. The monoisotopic (exact) mass is 300 g/mol. The van der Waals surface area contributed by atoms with Crippen LogP contribution < -0.4 is 10.4 Å². The second-order valence-electron chi connectivity index (χ2n) is 6.29. The van der Waals surface area contributed by atoms with Gasteiger partial charge in [-0.3, -0.25) is 4.79 Å². The van der Waals surface area contributed by atoms with Crippen LogP contribution in [0, 0.1) is 25.7 Å². The van der Waals surface area contributed by atoms with Gasteiger partial charge in [0.15, 0.2) is 0 Å². The average Bonchev–Trinajstić information content (AvgIpc) is 2.45. The van der Waals surface area contributed by atoms with Gasteiger partial charge in [-0.05, 0) is 63.8 Å². The molecule has 1 N–H and O–H groups in total. The van der Waals surface area contributed by atoms with Gasteiger partial charge >= 0.3 is 0 Å². The SMILES string of the molecule is CC1=C(C)C[C@@H](C(=O)[O-])[C@@H](C(=O)Nc2ccc(C)c(C)c2)C1. The van der Waals surface area contributed by atoms with Crippen LogP contribution in [0.5, 0.6) is 0 Å². The molecule has 0 radical (unpaired) electrons. The summed E-state index contributed by atoms with van der Waals surface area (Å²) in [6, 6.07) is 5.68. The second kappa shape index (κ2) is 6.34. The minimum absolute atomic E-state index is 0.246. The smallest absolute Gasteiger partial charge is 0.228 e. The number of aliphatic carboxylic acids is 1. The van der Waals surface area contributed by atoms with Crippen LogP contribution >= 0.6 is 0 Å². The van der Waals surface area contributed by atoms with E-state index in [2.05, 4.69) is 5.32 Å². The van der Waals surface area contributed by atoms with Gasteiger partial charge < -0.3 is 15.2 Å². The maximum Gasteiger partial charge on any atom is 0.228 e. The third-order valence-corrected chi connectivity index (χ3v) is 4.68. The molecule has 4 heteroatoms. The maximum atomic E-state index is 12.5. The Hall–Kier alpha value is -2.10. The highest BCUT2D eigenvalue weighted by molar-refractivity contribution is 5.95. The first kappa shape index (κ1) is 16.3. The Morgan fingerprint density at radius 1 is 1.00 bits per heavy atom. The number of anilines is 1. The summed E-state index contributed by atoms with van der Waals surface area (Å²) in [5, 5.41) is 14.2. The third kappa shape index (κ3) is 3.38. The van der Waals surface area contributed by atoms with E-state index in [0.29, 0.717) is 18.5 Å². The molecule has 22 heavy (non-hydrogen) atoms. The fourth-order valence-corrected chi connectivity index (χ4v) is 2.87. The Balaban J connectivity index is 2.19. The lowest BCUT2D eigenvalue weighted by Crippen LogP contribution is -2.42. The van der Waals surface area contributed by atoms with Gasteiger partial charge in [0, 0.05) is 17.6 Å². The number of allylic oxidation sites excluding steroid dienone is 2. The summed E-state index contributed by atoms with van der Waals surface area (Å²) in [6.07, 6.45) is 0.861. The molecule has 1 aromatic rings. The van der Waals surface area contributed by atoms with Crippen molar-refractivity contribution in [3.8, 4) is 0 Å². The summed E-state index contributed by atoms with van der Waals surface area (Å²) in [5.74, 6) is -2.72. The molecule has 4 nitrogen and oxygen atoms in total. The number of nitrogens with one attached hydrogen (secondary N) is 1. The Labute approximate surface area is 131 Å². The molecule has 118 valence electrons. The quantitative estimate of drug-likeness (QED) is 0.871. The van der Waals surface area contributed by atoms with Crippen molar-refractivity contribution in [1.82, 2.24) is 0 Å². The number of hydrogen-bond donors (Lipinski definition) is 1. The molecule has 1 aliphatic carbocycles. The summed E-state index contributed by atoms with van der Waals surface area (Å²) in [5.41, 5.74) is 5.08. The summed E-state index contributed by atoms with van der Waals surface area (Å²) in [4.78, 5) is 23.9. The number of carbonyl (C=O) groups is 2. The molecule has 0 heterocycles. The number of aryl methyl sites for hydroxylation is 2. The number of carboxylic acid groups (broad SMARTS) is 1. The summed E-state index contributed by atoms with van der Waals surface area (Å²) >= 11 is 0. The van der Waals surface area contributed by atoms with Gasteiger partial charge in [-0.1, -0.05) is 17.2 Å². The first-order chi connectivity index (χ1) is 10.3. The standard InChI is InChI=1S/C18H23NO3/c1-10-5-6-14(7-11(10)2)19-17(20)15-8-12(3)13(4)9-16(15)18(21)22/h5-7,15-16H,8-9H2,1-4H3,(H,19,20)(H,21,22)/p-1/t15-,16+/m0/s1. The van der Waals surface area contributed by atoms with Gasteiger partial charge in [0.1, 0.15) is 0 Å². The molecule has 1 aliphatic rings. The minimum Gasteiger partial charge on any atom is -0.550 e. The zero-order valence-corrected chi connectivity index (χ0v) is 13.5. The largest absolute Gasteiger partial charge is 0.550 e. The summed E-state index contributed by atoms with van der Waals surface area (Å²) in [7, 11) is 0. The van der Waals surface area contributed by atoms with E-state index < -0.39 is 17.8 Å². The van der Waals surface area contributed by atoms with Gasteiger partial charge in [0.2, 0.25) is 5.91 Å². The van der Waals surface area contributed by atoms with Crippen molar-refractivity contribution in [3.63, 3.8) is 0 Å². The highest BCUT2D eigenvalue weighted by atomic mass is 16.4. The molecule has 0 spiro atoms. The van der Waals surface area contributed by atoms with Crippen LogP contribution in [-0.2, 0) is 9.59 Å². The van der Waals surface area contributed by atoms with Crippen molar-refractivity contribution in [3.05, 3.63) is 40.5 Å². The molecule has 2 atom stereocenters. The van der Waals surface area contributed by atoms with E-state index in [1.165, 1.54) is 0 Å². The maximum absolute atomic E-state index is 12.5. The molecule has 1 amide bonds. The van der Waals surface area contributed by atoms with Crippen LogP contribution in [0.4, 0.5) is 5.69 Å². The van der Waals surface area contributed by atoms with Gasteiger partial charge in [-0.25, -0.2) is 0 Å². The zero-order chi connectivity index (χ0) is 16.4. The fraction of sp³-hybridized carbons (Fsp3) is 0.444. The van der Waals surface area contributed by atoms with Crippen molar-refractivity contribution in [2.24, 2.45) is 11.8 Å². The van der Waals surface area contributed by atoms with E-state index in [1.807, 2.05) is 45.9 Å². The van der Waals surface area contributed by atoms with Gasteiger partial charge in [-0.2, -0.15) is 0 Å². The number of amides is 1. The van der Waals surface area contributed by atoms with Crippen LogP contribution in [0.15, 0.2) is 29.3 Å². The number of rotatable bonds is 3. The highest BCUT2D eigenvalue weighted by Crippen LogP contribution is 2.34. The fourth-order valence-electron chi connectivity index (χ4n) is 2.87. The van der Waals surface area contributed by atoms with Gasteiger partial charge in [-0.15, -0.1) is 0 Å². The number of carbonyl (C=O) groups excluding carboxylic acids is 2. The third-order valence-electron chi connectivity index (χ3n) is 4.68. The summed E-state index contributed by atoms with van der Waals surface area (Å²) in [6.45, 7) is 7.86. The normalized spacial score (nSPS) is 21.6. The van der Waals surface area contributed by atoms with Crippen LogP contribution in [0.1, 0.15) is 37.8 Å². The second-order valence-corrected chi connectivity index (χ2v) is 6.29. The Bertz CT molecular complexity index is 646. The molecule has 0 aromatic heterocycles. The molecule has 0 saturated carbocycles. The molecule has 2 rings (SSSR count). The topological polar surface area (TPSA) is 69.2 Å². The number of hydrogen-bond acceptors (Lipinski definition) is 3. The Morgan fingerprint density at radius 3 is 2.14 bits per heavy atom. The van der Waals surface area contributed by atoms with Gasteiger partial charge in [0.25, 0.3) is 0 Å². The van der Waals surface area contributed by atoms with E-state index in [0.717, 1.165) is 22.3 Å². The molecule has 0 bridgehead atoms. The van der Waals surface area contributed by atoms with Crippen LogP contribution in [-0.4, -0.2) is 11.9 Å².